The lowest BCUT2D eigenvalue weighted by Crippen LogP contribution is -2.11. The summed E-state index contributed by atoms with van der Waals surface area (Å²) in [6, 6.07) is 12.7. The number of carbonyl (C=O) groups is 1. The summed E-state index contributed by atoms with van der Waals surface area (Å²) in [5.41, 5.74) is 1.14. The number of ether oxygens (including phenoxy) is 3. The predicted octanol–water partition coefficient (Wildman–Crippen LogP) is 6.02. The first-order valence-corrected chi connectivity index (χ1v) is 10.4. The van der Waals surface area contributed by atoms with Gasteiger partial charge in [0.25, 0.3) is 0 Å². The van der Waals surface area contributed by atoms with E-state index in [-0.39, 0.29) is 5.78 Å². The van der Waals surface area contributed by atoms with E-state index in [1.54, 1.807) is 18.2 Å². The van der Waals surface area contributed by atoms with Crippen LogP contribution in [-0.2, 0) is 0 Å². The van der Waals surface area contributed by atoms with E-state index in [1.165, 1.54) is 0 Å². The van der Waals surface area contributed by atoms with E-state index in [2.05, 4.69) is 41.5 Å². The normalized spacial score (nSPS) is 11.2. The van der Waals surface area contributed by atoms with Gasteiger partial charge in [0.1, 0.15) is 17.2 Å². The smallest absolute Gasteiger partial charge is 0.196 e. The van der Waals surface area contributed by atoms with Crippen LogP contribution in [0.15, 0.2) is 42.5 Å². The van der Waals surface area contributed by atoms with Crippen LogP contribution in [0.4, 0.5) is 0 Å². The molecule has 2 rings (SSSR count). The van der Waals surface area contributed by atoms with Gasteiger partial charge in [-0.25, -0.2) is 0 Å². The van der Waals surface area contributed by atoms with Gasteiger partial charge in [0.2, 0.25) is 0 Å². The summed E-state index contributed by atoms with van der Waals surface area (Å²) in [5.74, 6) is 3.20. The zero-order valence-corrected chi connectivity index (χ0v) is 18.5. The fourth-order valence-corrected chi connectivity index (χ4v) is 2.54. The van der Waals surface area contributed by atoms with Crippen LogP contribution < -0.4 is 14.2 Å². The Balaban J connectivity index is 2.22. The third kappa shape index (κ3) is 7.45. The maximum absolute atomic E-state index is 13.1. The molecule has 0 N–H and O–H groups in total. The van der Waals surface area contributed by atoms with Gasteiger partial charge in [-0.1, -0.05) is 41.5 Å². The highest BCUT2D eigenvalue weighted by Crippen LogP contribution is 2.28. The molecule has 2 aromatic carbocycles. The third-order valence-electron chi connectivity index (χ3n) is 4.05. The Morgan fingerprint density at radius 2 is 1.17 bits per heavy atom. The maximum atomic E-state index is 13.1. The van der Waals surface area contributed by atoms with Crippen molar-refractivity contribution in [2.24, 2.45) is 17.8 Å². The molecule has 0 aliphatic carbocycles. The summed E-state index contributed by atoms with van der Waals surface area (Å²) in [6.07, 6.45) is 0. The van der Waals surface area contributed by atoms with Crippen molar-refractivity contribution in [3.63, 3.8) is 0 Å². The second-order valence-electron chi connectivity index (χ2n) is 8.63. The minimum absolute atomic E-state index is 0.0745. The molecule has 0 bridgehead atoms. The monoisotopic (exact) mass is 398 g/mol. The van der Waals surface area contributed by atoms with Crippen LogP contribution >= 0.6 is 0 Å². The molecule has 0 unspecified atom stereocenters. The summed E-state index contributed by atoms with van der Waals surface area (Å²) in [7, 11) is 0. The lowest BCUT2D eigenvalue weighted by Gasteiger charge is -2.15. The Kier molecular flexibility index (Phi) is 8.56. The molecule has 0 saturated carbocycles. The Morgan fingerprint density at radius 3 is 1.72 bits per heavy atom. The second kappa shape index (κ2) is 10.9. The van der Waals surface area contributed by atoms with Gasteiger partial charge in [0.05, 0.1) is 25.4 Å². The van der Waals surface area contributed by atoms with E-state index in [0.29, 0.717) is 60.2 Å². The zero-order valence-electron chi connectivity index (χ0n) is 18.5. The molecule has 2 aromatic rings. The van der Waals surface area contributed by atoms with Crippen LogP contribution in [0, 0.1) is 17.8 Å². The van der Waals surface area contributed by atoms with Crippen LogP contribution in [0.5, 0.6) is 17.2 Å². The minimum atomic E-state index is -0.0745. The van der Waals surface area contributed by atoms with Crippen molar-refractivity contribution < 1.29 is 19.0 Å². The largest absolute Gasteiger partial charge is 0.493 e. The average Bonchev–Trinajstić information content (AvgIpc) is 2.69. The van der Waals surface area contributed by atoms with Crippen molar-refractivity contribution in [1.29, 1.82) is 0 Å². The standard InChI is InChI=1S/C25H34O4/c1-17(2)14-27-21-9-7-20(8-10-21)25(26)23-12-11-22(28-15-18(3)4)13-24(23)29-16-19(5)6/h7-13,17-19H,14-16H2,1-6H3. The van der Waals surface area contributed by atoms with Crippen molar-refractivity contribution >= 4 is 5.78 Å². The van der Waals surface area contributed by atoms with Crippen LogP contribution in [0.2, 0.25) is 0 Å². The fraction of sp³-hybridized carbons (Fsp3) is 0.480. The van der Waals surface area contributed by atoms with Gasteiger partial charge in [-0.2, -0.15) is 0 Å². The Labute approximate surface area is 175 Å². The quantitative estimate of drug-likeness (QED) is 0.434. The Bertz CT molecular complexity index is 776. The number of carbonyl (C=O) groups excluding carboxylic acids is 1. The van der Waals surface area contributed by atoms with Gasteiger partial charge in [-0.3, -0.25) is 4.79 Å². The molecule has 0 spiro atoms. The molecule has 0 aromatic heterocycles. The minimum Gasteiger partial charge on any atom is -0.493 e. The van der Waals surface area contributed by atoms with Crippen LogP contribution in [0.3, 0.4) is 0 Å². The molecule has 0 atom stereocenters. The molecular weight excluding hydrogens is 364 g/mol. The second-order valence-corrected chi connectivity index (χ2v) is 8.63. The Morgan fingerprint density at radius 1 is 0.690 bits per heavy atom. The summed E-state index contributed by atoms with van der Waals surface area (Å²) in [6.45, 7) is 14.4. The van der Waals surface area contributed by atoms with Gasteiger partial charge >= 0.3 is 0 Å². The molecule has 0 radical (unpaired) electrons. The molecule has 4 nitrogen and oxygen atoms in total. The summed E-state index contributed by atoms with van der Waals surface area (Å²) in [5, 5.41) is 0. The zero-order chi connectivity index (χ0) is 21.4. The highest BCUT2D eigenvalue weighted by Gasteiger charge is 2.17. The van der Waals surface area contributed by atoms with E-state index in [1.807, 2.05) is 24.3 Å². The lowest BCUT2D eigenvalue weighted by atomic mass is 10.0. The predicted molar refractivity (Wildman–Crippen MR) is 117 cm³/mol. The first-order chi connectivity index (χ1) is 13.8. The molecular formula is C25H34O4. The maximum Gasteiger partial charge on any atom is 0.196 e. The van der Waals surface area contributed by atoms with Crippen molar-refractivity contribution in [3.05, 3.63) is 53.6 Å². The summed E-state index contributed by atoms with van der Waals surface area (Å²) in [4.78, 5) is 13.1. The summed E-state index contributed by atoms with van der Waals surface area (Å²) >= 11 is 0. The number of ketones is 1. The molecule has 158 valence electrons. The first-order valence-electron chi connectivity index (χ1n) is 10.4. The van der Waals surface area contributed by atoms with E-state index >= 15 is 0 Å². The highest BCUT2D eigenvalue weighted by molar-refractivity contribution is 6.10. The Hall–Kier alpha value is -2.49. The molecule has 0 aliphatic heterocycles. The molecule has 0 fully saturated rings. The molecule has 0 amide bonds. The number of hydrogen-bond acceptors (Lipinski definition) is 4. The molecule has 0 aliphatic rings. The topological polar surface area (TPSA) is 44.8 Å². The van der Waals surface area contributed by atoms with Crippen LogP contribution in [0.1, 0.15) is 57.5 Å². The van der Waals surface area contributed by atoms with Gasteiger partial charge in [0.15, 0.2) is 5.78 Å². The van der Waals surface area contributed by atoms with Gasteiger partial charge in [-0.15, -0.1) is 0 Å². The van der Waals surface area contributed by atoms with Crippen molar-refractivity contribution in [2.75, 3.05) is 19.8 Å². The lowest BCUT2D eigenvalue weighted by molar-refractivity contribution is 0.103. The first kappa shape index (κ1) is 22.8. The van der Waals surface area contributed by atoms with E-state index < -0.39 is 0 Å². The van der Waals surface area contributed by atoms with Gasteiger partial charge in [0, 0.05) is 11.6 Å². The van der Waals surface area contributed by atoms with Crippen molar-refractivity contribution in [3.8, 4) is 17.2 Å². The van der Waals surface area contributed by atoms with E-state index in [9.17, 15) is 4.79 Å². The molecule has 4 heteroatoms. The number of rotatable bonds is 11. The molecule has 0 saturated heterocycles. The van der Waals surface area contributed by atoms with Crippen LogP contribution in [-0.4, -0.2) is 25.6 Å². The van der Waals surface area contributed by atoms with Crippen molar-refractivity contribution in [2.45, 2.75) is 41.5 Å². The average molecular weight is 399 g/mol. The molecule has 0 heterocycles. The fourth-order valence-electron chi connectivity index (χ4n) is 2.54. The molecule has 29 heavy (non-hydrogen) atoms. The van der Waals surface area contributed by atoms with Gasteiger partial charge < -0.3 is 14.2 Å². The number of benzene rings is 2. The summed E-state index contributed by atoms with van der Waals surface area (Å²) < 4.78 is 17.5. The highest BCUT2D eigenvalue weighted by atomic mass is 16.5. The number of hydrogen-bond donors (Lipinski definition) is 0. The van der Waals surface area contributed by atoms with E-state index in [0.717, 1.165) is 5.75 Å². The van der Waals surface area contributed by atoms with Gasteiger partial charge in [-0.05, 0) is 54.2 Å². The third-order valence-corrected chi connectivity index (χ3v) is 4.05. The SMILES string of the molecule is CC(C)COc1ccc(C(=O)c2ccc(OCC(C)C)cc2OCC(C)C)cc1. The van der Waals surface area contributed by atoms with Crippen LogP contribution in [0.25, 0.3) is 0 Å². The van der Waals surface area contributed by atoms with Crippen molar-refractivity contribution in [1.82, 2.24) is 0 Å². The van der Waals surface area contributed by atoms with E-state index in [4.69, 9.17) is 14.2 Å².